The van der Waals surface area contributed by atoms with Gasteiger partial charge in [0.25, 0.3) is 5.91 Å². The first kappa shape index (κ1) is 12.2. The van der Waals surface area contributed by atoms with Gasteiger partial charge in [-0.2, -0.15) is 0 Å². The maximum atomic E-state index is 12.2. The van der Waals surface area contributed by atoms with Crippen molar-refractivity contribution in [2.24, 2.45) is 5.92 Å². The number of hydrogen-bond donors (Lipinski definition) is 3. The Morgan fingerprint density at radius 1 is 1.37 bits per heavy atom. The van der Waals surface area contributed by atoms with Gasteiger partial charge in [0, 0.05) is 35.1 Å². The van der Waals surface area contributed by atoms with E-state index in [0.717, 1.165) is 30.2 Å². The van der Waals surface area contributed by atoms with Crippen molar-refractivity contribution < 1.29 is 9.90 Å². The Balaban J connectivity index is 1.71. The van der Waals surface area contributed by atoms with Crippen LogP contribution in [0.15, 0.2) is 30.5 Å². The number of amides is 1. The Hall–Kier alpha value is -1.81. The molecule has 19 heavy (non-hydrogen) atoms. The Kier molecular flexibility index (Phi) is 3.25. The summed E-state index contributed by atoms with van der Waals surface area (Å²) in [6.07, 6.45) is 4.48. The van der Waals surface area contributed by atoms with Crippen molar-refractivity contribution in [2.45, 2.75) is 25.4 Å². The zero-order chi connectivity index (χ0) is 13.2. The van der Waals surface area contributed by atoms with Crippen LogP contribution in [-0.2, 0) is 0 Å². The Morgan fingerprint density at radius 2 is 2.26 bits per heavy atom. The van der Waals surface area contributed by atoms with Crippen LogP contribution < -0.4 is 5.32 Å². The molecule has 0 bridgehead atoms. The molecule has 1 aromatic heterocycles. The number of nitrogens with one attached hydrogen (secondary N) is 2. The lowest BCUT2D eigenvalue weighted by atomic mass is 10.1. The summed E-state index contributed by atoms with van der Waals surface area (Å²) in [7, 11) is 0. The second kappa shape index (κ2) is 5.05. The third-order valence-corrected chi connectivity index (χ3v) is 3.98. The first-order valence-electron chi connectivity index (χ1n) is 6.78. The normalized spacial score (nSPS) is 22.8. The van der Waals surface area contributed by atoms with Gasteiger partial charge >= 0.3 is 0 Å². The van der Waals surface area contributed by atoms with Crippen LogP contribution in [0.25, 0.3) is 10.9 Å². The summed E-state index contributed by atoms with van der Waals surface area (Å²) in [6, 6.07) is 7.57. The molecule has 1 aliphatic carbocycles. The van der Waals surface area contributed by atoms with Crippen molar-refractivity contribution in [1.29, 1.82) is 0 Å². The molecule has 1 aromatic carbocycles. The average molecular weight is 258 g/mol. The van der Waals surface area contributed by atoms with Crippen molar-refractivity contribution in [3.63, 3.8) is 0 Å². The molecular formula is C15H18N2O2. The molecule has 0 aliphatic heterocycles. The molecule has 2 aromatic rings. The maximum Gasteiger partial charge on any atom is 0.251 e. The number of aromatic nitrogens is 1. The third-order valence-electron chi connectivity index (χ3n) is 3.98. The number of aliphatic hydroxyl groups excluding tert-OH is 1. The van der Waals surface area contributed by atoms with Gasteiger partial charge in [-0.1, -0.05) is 12.5 Å². The minimum atomic E-state index is -0.261. The summed E-state index contributed by atoms with van der Waals surface area (Å²) in [6.45, 7) is 0.556. The van der Waals surface area contributed by atoms with Crippen LogP contribution in [0, 0.1) is 5.92 Å². The lowest BCUT2D eigenvalue weighted by molar-refractivity contribution is 0.0918. The molecule has 3 rings (SSSR count). The van der Waals surface area contributed by atoms with Crippen LogP contribution in [-0.4, -0.2) is 28.6 Å². The van der Waals surface area contributed by atoms with E-state index < -0.39 is 0 Å². The Bertz CT molecular complexity index is 591. The van der Waals surface area contributed by atoms with Crippen LogP contribution in [0.2, 0.25) is 0 Å². The van der Waals surface area contributed by atoms with E-state index in [-0.39, 0.29) is 17.9 Å². The molecule has 1 aliphatic rings. The van der Waals surface area contributed by atoms with Gasteiger partial charge < -0.3 is 15.4 Å². The highest BCUT2D eigenvalue weighted by atomic mass is 16.3. The van der Waals surface area contributed by atoms with E-state index in [1.54, 1.807) is 0 Å². The highest BCUT2D eigenvalue weighted by Crippen LogP contribution is 2.25. The molecule has 1 amide bonds. The molecule has 4 heteroatoms. The van der Waals surface area contributed by atoms with Gasteiger partial charge in [0.05, 0.1) is 6.10 Å². The average Bonchev–Trinajstić information content (AvgIpc) is 3.04. The fraction of sp³-hybridized carbons (Fsp3) is 0.400. The van der Waals surface area contributed by atoms with Gasteiger partial charge in [-0.15, -0.1) is 0 Å². The molecule has 0 saturated heterocycles. The van der Waals surface area contributed by atoms with Crippen LogP contribution in [0.1, 0.15) is 29.6 Å². The fourth-order valence-electron chi connectivity index (χ4n) is 2.86. The first-order chi connectivity index (χ1) is 9.25. The van der Waals surface area contributed by atoms with Gasteiger partial charge in [-0.25, -0.2) is 0 Å². The molecule has 4 nitrogen and oxygen atoms in total. The number of benzene rings is 1. The second-order valence-electron chi connectivity index (χ2n) is 5.21. The predicted molar refractivity (Wildman–Crippen MR) is 74.0 cm³/mol. The SMILES string of the molecule is O=C(NCC1CCCC1O)c1cccc2[nH]ccc12. The quantitative estimate of drug-likeness (QED) is 0.789. The summed E-state index contributed by atoms with van der Waals surface area (Å²) >= 11 is 0. The first-order valence-corrected chi connectivity index (χ1v) is 6.78. The number of rotatable bonds is 3. The number of carbonyl (C=O) groups is 1. The van der Waals surface area contributed by atoms with Crippen LogP contribution in [0.5, 0.6) is 0 Å². The van der Waals surface area contributed by atoms with E-state index in [4.69, 9.17) is 0 Å². The van der Waals surface area contributed by atoms with E-state index in [9.17, 15) is 9.90 Å². The molecular weight excluding hydrogens is 240 g/mol. The van der Waals surface area contributed by atoms with Crippen molar-refractivity contribution >= 4 is 16.8 Å². The summed E-state index contributed by atoms with van der Waals surface area (Å²) in [4.78, 5) is 15.3. The fourth-order valence-corrected chi connectivity index (χ4v) is 2.86. The minimum absolute atomic E-state index is 0.0655. The number of carbonyl (C=O) groups excluding carboxylic acids is 1. The molecule has 2 unspecified atom stereocenters. The van der Waals surface area contributed by atoms with Gasteiger partial charge in [-0.05, 0) is 31.0 Å². The molecule has 0 spiro atoms. The van der Waals surface area contributed by atoms with Crippen molar-refractivity contribution in [2.75, 3.05) is 6.54 Å². The minimum Gasteiger partial charge on any atom is -0.393 e. The van der Waals surface area contributed by atoms with Gasteiger partial charge in [0.15, 0.2) is 0 Å². The Labute approximate surface area is 111 Å². The Morgan fingerprint density at radius 3 is 3.05 bits per heavy atom. The third kappa shape index (κ3) is 2.36. The molecule has 1 fully saturated rings. The maximum absolute atomic E-state index is 12.2. The lowest BCUT2D eigenvalue weighted by Gasteiger charge is -2.15. The van der Waals surface area contributed by atoms with Crippen LogP contribution >= 0.6 is 0 Å². The molecule has 100 valence electrons. The molecule has 0 radical (unpaired) electrons. The van der Waals surface area contributed by atoms with E-state index in [1.165, 1.54) is 0 Å². The summed E-state index contributed by atoms with van der Waals surface area (Å²) in [5.41, 5.74) is 1.65. The highest BCUT2D eigenvalue weighted by molar-refractivity contribution is 6.06. The number of fused-ring (bicyclic) bond motifs is 1. The van der Waals surface area contributed by atoms with E-state index >= 15 is 0 Å². The topological polar surface area (TPSA) is 65.1 Å². The summed E-state index contributed by atoms with van der Waals surface area (Å²) in [5, 5.41) is 13.6. The zero-order valence-corrected chi connectivity index (χ0v) is 10.7. The summed E-state index contributed by atoms with van der Waals surface area (Å²) in [5.74, 6) is 0.138. The van der Waals surface area contributed by atoms with Crippen molar-refractivity contribution in [1.82, 2.24) is 10.3 Å². The van der Waals surface area contributed by atoms with E-state index in [2.05, 4.69) is 10.3 Å². The van der Waals surface area contributed by atoms with E-state index in [1.807, 2.05) is 30.5 Å². The van der Waals surface area contributed by atoms with Crippen molar-refractivity contribution in [3.8, 4) is 0 Å². The smallest absolute Gasteiger partial charge is 0.251 e. The lowest BCUT2D eigenvalue weighted by Crippen LogP contribution is -2.32. The van der Waals surface area contributed by atoms with Gasteiger partial charge in [0.2, 0.25) is 0 Å². The summed E-state index contributed by atoms with van der Waals surface area (Å²) < 4.78 is 0. The molecule has 1 heterocycles. The highest BCUT2D eigenvalue weighted by Gasteiger charge is 2.25. The number of aliphatic hydroxyl groups is 1. The monoisotopic (exact) mass is 258 g/mol. The van der Waals surface area contributed by atoms with Crippen LogP contribution in [0.3, 0.4) is 0 Å². The molecule has 2 atom stereocenters. The van der Waals surface area contributed by atoms with Gasteiger partial charge in [0.1, 0.15) is 0 Å². The predicted octanol–water partition coefficient (Wildman–Crippen LogP) is 2.06. The molecule has 3 N–H and O–H groups in total. The standard InChI is InChI=1S/C15H18N2O2/c18-14-6-1-3-10(14)9-17-15(19)12-4-2-5-13-11(12)7-8-16-13/h2,4-5,7-8,10,14,16,18H,1,3,6,9H2,(H,17,19). The second-order valence-corrected chi connectivity index (χ2v) is 5.21. The molecule has 1 saturated carbocycles. The van der Waals surface area contributed by atoms with E-state index in [0.29, 0.717) is 12.1 Å². The number of H-pyrrole nitrogens is 1. The van der Waals surface area contributed by atoms with Crippen molar-refractivity contribution in [3.05, 3.63) is 36.0 Å². The number of aromatic amines is 1. The zero-order valence-electron chi connectivity index (χ0n) is 10.7. The van der Waals surface area contributed by atoms with Crippen LogP contribution in [0.4, 0.5) is 0 Å². The van der Waals surface area contributed by atoms with Gasteiger partial charge in [-0.3, -0.25) is 4.79 Å². The number of hydrogen-bond acceptors (Lipinski definition) is 2. The largest absolute Gasteiger partial charge is 0.393 e.